The molecule has 3 aliphatic rings. The molecule has 1 aromatic carbocycles. The molecule has 1 saturated carbocycles. The number of anilines is 1. The van der Waals surface area contributed by atoms with Gasteiger partial charge in [0.25, 0.3) is 0 Å². The number of hydrogen-bond acceptors (Lipinski definition) is 5. The number of carbonyl (C=O) groups is 2. The van der Waals surface area contributed by atoms with E-state index in [1.54, 1.807) is 7.11 Å². The molecule has 1 spiro atoms. The van der Waals surface area contributed by atoms with Crippen molar-refractivity contribution in [2.45, 2.75) is 44.9 Å². The molecule has 29 heavy (non-hydrogen) atoms. The Morgan fingerprint density at radius 3 is 2.24 bits per heavy atom. The Kier molecular flexibility index (Phi) is 6.09. The van der Waals surface area contributed by atoms with Gasteiger partial charge in [0.15, 0.2) is 0 Å². The molecule has 0 atom stereocenters. The number of para-hydroxylation sites is 2. The van der Waals surface area contributed by atoms with Crippen molar-refractivity contribution in [1.82, 2.24) is 9.80 Å². The highest BCUT2D eigenvalue weighted by Gasteiger charge is 2.44. The average Bonchev–Trinajstić information content (AvgIpc) is 3.17. The third-order valence-corrected chi connectivity index (χ3v) is 6.97. The molecule has 0 N–H and O–H groups in total. The van der Waals surface area contributed by atoms with Gasteiger partial charge in [-0.1, -0.05) is 25.0 Å². The summed E-state index contributed by atoms with van der Waals surface area (Å²) in [7, 11) is 1.72. The van der Waals surface area contributed by atoms with Crippen LogP contribution in [0.1, 0.15) is 44.9 Å². The van der Waals surface area contributed by atoms with Gasteiger partial charge in [0, 0.05) is 45.6 Å². The SMILES string of the molecule is COc1ccccc1N1CCN(CCCN2C(=O)CC3(CCCC3)CC2=O)CC1. The average molecular weight is 400 g/mol. The summed E-state index contributed by atoms with van der Waals surface area (Å²) in [4.78, 5) is 31.5. The lowest BCUT2D eigenvalue weighted by molar-refractivity contribution is -0.153. The summed E-state index contributed by atoms with van der Waals surface area (Å²) in [6.07, 6.45) is 6.46. The van der Waals surface area contributed by atoms with Gasteiger partial charge in [-0.2, -0.15) is 0 Å². The molecule has 0 unspecified atom stereocenters. The highest BCUT2D eigenvalue weighted by molar-refractivity contribution is 5.98. The van der Waals surface area contributed by atoms with Crippen molar-refractivity contribution in [3.63, 3.8) is 0 Å². The molecule has 6 heteroatoms. The Hall–Kier alpha value is -2.08. The molecule has 0 bridgehead atoms. The number of benzene rings is 1. The number of imide groups is 1. The minimum Gasteiger partial charge on any atom is -0.495 e. The molecule has 1 aliphatic carbocycles. The monoisotopic (exact) mass is 399 g/mol. The van der Waals surface area contributed by atoms with Crippen LogP contribution >= 0.6 is 0 Å². The van der Waals surface area contributed by atoms with Gasteiger partial charge in [0.1, 0.15) is 5.75 Å². The second-order valence-electron chi connectivity index (χ2n) is 8.85. The van der Waals surface area contributed by atoms with Crippen LogP contribution < -0.4 is 9.64 Å². The first-order valence-electron chi connectivity index (χ1n) is 11.0. The summed E-state index contributed by atoms with van der Waals surface area (Å²) in [5, 5.41) is 0. The van der Waals surface area contributed by atoms with Crippen LogP contribution in [0.15, 0.2) is 24.3 Å². The van der Waals surface area contributed by atoms with Crippen LogP contribution in [0.4, 0.5) is 5.69 Å². The Morgan fingerprint density at radius 2 is 1.59 bits per heavy atom. The number of amides is 2. The summed E-state index contributed by atoms with van der Waals surface area (Å²) in [5.41, 5.74) is 1.15. The molecule has 6 nitrogen and oxygen atoms in total. The first kappa shape index (κ1) is 20.2. The lowest BCUT2D eigenvalue weighted by Crippen LogP contribution is -2.49. The number of piperidine rings is 1. The van der Waals surface area contributed by atoms with E-state index in [9.17, 15) is 9.59 Å². The topological polar surface area (TPSA) is 53.1 Å². The number of likely N-dealkylation sites (tertiary alicyclic amines) is 1. The summed E-state index contributed by atoms with van der Waals surface area (Å²) in [6.45, 7) is 5.41. The predicted octanol–water partition coefficient (Wildman–Crippen LogP) is 2.92. The molecule has 2 aliphatic heterocycles. The van der Waals surface area contributed by atoms with Gasteiger partial charge in [-0.3, -0.25) is 19.4 Å². The summed E-state index contributed by atoms with van der Waals surface area (Å²) in [5.74, 6) is 1.04. The van der Waals surface area contributed by atoms with Gasteiger partial charge < -0.3 is 9.64 Å². The van der Waals surface area contributed by atoms with E-state index >= 15 is 0 Å². The van der Waals surface area contributed by atoms with Gasteiger partial charge in [0.2, 0.25) is 11.8 Å². The number of piperazine rings is 1. The molecule has 1 aromatic rings. The van der Waals surface area contributed by atoms with Crippen LogP contribution in [0.3, 0.4) is 0 Å². The van der Waals surface area contributed by atoms with Crippen LogP contribution in [0, 0.1) is 5.41 Å². The van der Waals surface area contributed by atoms with Crippen molar-refractivity contribution in [2.24, 2.45) is 5.41 Å². The second kappa shape index (κ2) is 8.74. The second-order valence-corrected chi connectivity index (χ2v) is 8.85. The number of carbonyl (C=O) groups excluding carboxylic acids is 2. The van der Waals surface area contributed by atoms with Gasteiger partial charge in [-0.25, -0.2) is 0 Å². The van der Waals surface area contributed by atoms with Crippen LogP contribution in [0.5, 0.6) is 5.75 Å². The molecule has 0 radical (unpaired) electrons. The number of nitrogens with zero attached hydrogens (tertiary/aromatic N) is 3. The molecule has 4 rings (SSSR count). The first-order valence-corrected chi connectivity index (χ1v) is 11.0. The maximum Gasteiger partial charge on any atom is 0.229 e. The van der Waals surface area contributed by atoms with Crippen LogP contribution in [0.2, 0.25) is 0 Å². The van der Waals surface area contributed by atoms with Gasteiger partial charge in [0.05, 0.1) is 12.8 Å². The Labute approximate surface area is 173 Å². The molecular weight excluding hydrogens is 366 g/mol. The maximum atomic E-state index is 12.6. The Balaban J connectivity index is 1.22. The fraction of sp³-hybridized carbons (Fsp3) is 0.652. The van der Waals surface area contributed by atoms with Crippen LogP contribution in [0.25, 0.3) is 0 Å². The predicted molar refractivity (Wildman–Crippen MR) is 113 cm³/mol. The van der Waals surface area contributed by atoms with E-state index in [0.717, 1.165) is 63.4 Å². The fourth-order valence-corrected chi connectivity index (χ4v) is 5.32. The molecule has 158 valence electrons. The van der Waals surface area contributed by atoms with Crippen molar-refractivity contribution >= 4 is 17.5 Å². The van der Waals surface area contributed by atoms with E-state index in [-0.39, 0.29) is 17.2 Å². The molecule has 3 fully saturated rings. The lowest BCUT2D eigenvalue weighted by Gasteiger charge is -2.38. The van der Waals surface area contributed by atoms with Gasteiger partial charge in [-0.05, 0) is 43.4 Å². The molecule has 2 amide bonds. The van der Waals surface area contributed by atoms with E-state index in [1.807, 2.05) is 18.2 Å². The summed E-state index contributed by atoms with van der Waals surface area (Å²) >= 11 is 0. The number of rotatable bonds is 6. The zero-order valence-corrected chi connectivity index (χ0v) is 17.6. The molecule has 2 saturated heterocycles. The number of methoxy groups -OCH3 is 1. The smallest absolute Gasteiger partial charge is 0.229 e. The molecule has 2 heterocycles. The van der Waals surface area contributed by atoms with Gasteiger partial charge >= 0.3 is 0 Å². The van der Waals surface area contributed by atoms with Gasteiger partial charge in [-0.15, -0.1) is 0 Å². The van der Waals surface area contributed by atoms with Crippen molar-refractivity contribution < 1.29 is 14.3 Å². The van der Waals surface area contributed by atoms with Crippen molar-refractivity contribution in [1.29, 1.82) is 0 Å². The van der Waals surface area contributed by atoms with E-state index < -0.39 is 0 Å². The summed E-state index contributed by atoms with van der Waals surface area (Å²) in [6, 6.07) is 8.16. The van der Waals surface area contributed by atoms with Crippen molar-refractivity contribution in [3.05, 3.63) is 24.3 Å². The number of hydrogen-bond donors (Lipinski definition) is 0. The normalized spacial score (nSPS) is 22.5. The summed E-state index contributed by atoms with van der Waals surface area (Å²) < 4.78 is 5.49. The van der Waals surface area contributed by atoms with Crippen molar-refractivity contribution in [3.8, 4) is 5.75 Å². The first-order chi connectivity index (χ1) is 14.1. The zero-order valence-electron chi connectivity index (χ0n) is 17.6. The zero-order chi connectivity index (χ0) is 20.3. The standard InChI is InChI=1S/C23H33N3O3/c1-29-20-8-3-2-7-19(20)25-15-13-24(14-16-25)11-6-12-26-21(27)17-23(18-22(26)28)9-4-5-10-23/h2-3,7-8H,4-6,9-18H2,1H3. The van der Waals surface area contributed by atoms with E-state index in [4.69, 9.17) is 4.74 Å². The van der Waals surface area contributed by atoms with E-state index in [0.29, 0.717) is 19.4 Å². The fourth-order valence-electron chi connectivity index (χ4n) is 5.32. The lowest BCUT2D eigenvalue weighted by atomic mass is 9.76. The van der Waals surface area contributed by atoms with E-state index in [1.165, 1.54) is 17.7 Å². The largest absolute Gasteiger partial charge is 0.495 e. The maximum absolute atomic E-state index is 12.6. The highest BCUT2D eigenvalue weighted by Crippen LogP contribution is 2.46. The number of ether oxygens (including phenoxy) is 1. The van der Waals surface area contributed by atoms with E-state index in [2.05, 4.69) is 15.9 Å². The third-order valence-electron chi connectivity index (χ3n) is 6.97. The Morgan fingerprint density at radius 1 is 0.931 bits per heavy atom. The highest BCUT2D eigenvalue weighted by atomic mass is 16.5. The van der Waals surface area contributed by atoms with Crippen molar-refractivity contribution in [2.75, 3.05) is 51.3 Å². The third kappa shape index (κ3) is 4.42. The molecule has 0 aromatic heterocycles. The minimum absolute atomic E-state index is 0.000506. The van der Waals surface area contributed by atoms with Crippen LogP contribution in [-0.2, 0) is 9.59 Å². The quantitative estimate of drug-likeness (QED) is 0.689. The Bertz CT molecular complexity index is 717. The van der Waals surface area contributed by atoms with Crippen LogP contribution in [-0.4, -0.2) is 68.0 Å². The minimum atomic E-state index is -0.000506. The molecular formula is C23H33N3O3.